The number of halogens is 4. The number of nitrogens with one attached hydrogen (secondary N) is 1. The fourth-order valence-electron chi connectivity index (χ4n) is 1.88. The second-order valence-electron chi connectivity index (χ2n) is 4.01. The number of alkyl halides is 3. The molecule has 1 heterocycles. The van der Waals surface area contributed by atoms with Gasteiger partial charge in [-0.15, -0.1) is 0 Å². The van der Waals surface area contributed by atoms with Crippen LogP contribution >= 0.6 is 15.9 Å². The summed E-state index contributed by atoms with van der Waals surface area (Å²) in [4.78, 5) is 0. The maximum Gasteiger partial charge on any atom is 0.416 e. The second kappa shape index (κ2) is 5.38. The fraction of sp³-hybridized carbons (Fsp3) is 0.231. The van der Waals surface area contributed by atoms with Gasteiger partial charge >= 0.3 is 6.18 Å². The lowest BCUT2D eigenvalue weighted by atomic mass is 9.99. The van der Waals surface area contributed by atoms with Crippen molar-refractivity contribution in [3.8, 4) is 0 Å². The van der Waals surface area contributed by atoms with Gasteiger partial charge in [-0.3, -0.25) is 0 Å². The summed E-state index contributed by atoms with van der Waals surface area (Å²) in [6.07, 6.45) is -1.36. The third-order valence-electron chi connectivity index (χ3n) is 2.80. The summed E-state index contributed by atoms with van der Waals surface area (Å²) in [6.45, 7) is 0. The molecule has 0 fully saturated rings. The van der Waals surface area contributed by atoms with E-state index in [4.69, 9.17) is 4.42 Å². The van der Waals surface area contributed by atoms with Crippen molar-refractivity contribution in [2.24, 2.45) is 0 Å². The molecule has 0 aliphatic rings. The van der Waals surface area contributed by atoms with Crippen LogP contribution in [-0.4, -0.2) is 7.05 Å². The molecule has 0 aliphatic carbocycles. The number of hydrogen-bond donors (Lipinski definition) is 1. The lowest BCUT2D eigenvalue weighted by Crippen LogP contribution is -2.18. The van der Waals surface area contributed by atoms with Gasteiger partial charge in [0.25, 0.3) is 0 Å². The van der Waals surface area contributed by atoms with Gasteiger partial charge in [-0.1, -0.05) is 15.9 Å². The maximum absolute atomic E-state index is 12.8. The standard InChI is InChI=1S/C13H11BrF3NO/c1-18-12(8-4-5-19-7-8)10-6-9(13(15,16)17)2-3-11(10)14/h2-7,12,18H,1H3. The highest BCUT2D eigenvalue weighted by molar-refractivity contribution is 9.10. The average Bonchev–Trinajstić information content (AvgIpc) is 2.84. The molecule has 1 N–H and O–H groups in total. The molecule has 1 atom stereocenters. The Balaban J connectivity index is 2.48. The van der Waals surface area contributed by atoms with E-state index < -0.39 is 11.7 Å². The third-order valence-corrected chi connectivity index (χ3v) is 3.52. The summed E-state index contributed by atoms with van der Waals surface area (Å²) in [5.74, 6) is 0. The van der Waals surface area contributed by atoms with Crippen molar-refractivity contribution in [2.45, 2.75) is 12.2 Å². The normalized spacial score (nSPS) is 13.5. The first-order valence-corrected chi connectivity index (χ1v) is 6.29. The Kier molecular flexibility index (Phi) is 4.01. The van der Waals surface area contributed by atoms with Crippen molar-refractivity contribution in [1.29, 1.82) is 0 Å². The minimum absolute atomic E-state index is 0.365. The number of rotatable bonds is 3. The first-order chi connectivity index (χ1) is 8.93. The third kappa shape index (κ3) is 3.01. The van der Waals surface area contributed by atoms with Crippen LogP contribution in [0.25, 0.3) is 0 Å². The molecule has 0 amide bonds. The average molecular weight is 334 g/mol. The molecule has 19 heavy (non-hydrogen) atoms. The molecule has 0 saturated carbocycles. The lowest BCUT2D eigenvalue weighted by Gasteiger charge is -2.18. The molecule has 2 nitrogen and oxygen atoms in total. The molecule has 1 aromatic heterocycles. The molecule has 0 bridgehead atoms. The van der Waals surface area contributed by atoms with E-state index >= 15 is 0 Å². The Morgan fingerprint density at radius 3 is 2.53 bits per heavy atom. The predicted molar refractivity (Wildman–Crippen MR) is 68.8 cm³/mol. The monoisotopic (exact) mass is 333 g/mol. The molecule has 0 radical (unpaired) electrons. The highest BCUT2D eigenvalue weighted by atomic mass is 79.9. The first kappa shape index (κ1) is 14.1. The molecular formula is C13H11BrF3NO. The maximum atomic E-state index is 12.8. The van der Waals surface area contributed by atoms with Gasteiger partial charge in [-0.05, 0) is 36.9 Å². The SMILES string of the molecule is CNC(c1ccoc1)c1cc(C(F)(F)F)ccc1Br. The van der Waals surface area contributed by atoms with Crippen LogP contribution in [-0.2, 0) is 6.18 Å². The van der Waals surface area contributed by atoms with Crippen LogP contribution in [0.5, 0.6) is 0 Å². The number of benzene rings is 1. The lowest BCUT2D eigenvalue weighted by molar-refractivity contribution is -0.137. The second-order valence-corrected chi connectivity index (χ2v) is 4.87. The van der Waals surface area contributed by atoms with Crippen LogP contribution in [0.2, 0.25) is 0 Å². The van der Waals surface area contributed by atoms with E-state index in [9.17, 15) is 13.2 Å². The quantitative estimate of drug-likeness (QED) is 0.902. The largest absolute Gasteiger partial charge is 0.472 e. The first-order valence-electron chi connectivity index (χ1n) is 5.49. The molecule has 0 saturated heterocycles. The zero-order valence-electron chi connectivity index (χ0n) is 9.96. The minimum Gasteiger partial charge on any atom is -0.472 e. The van der Waals surface area contributed by atoms with Crippen LogP contribution in [0.15, 0.2) is 45.7 Å². The van der Waals surface area contributed by atoms with Crippen LogP contribution < -0.4 is 5.32 Å². The minimum atomic E-state index is -4.36. The van der Waals surface area contributed by atoms with E-state index in [1.807, 2.05) is 0 Å². The summed E-state index contributed by atoms with van der Waals surface area (Å²) in [6, 6.07) is 4.94. The summed E-state index contributed by atoms with van der Waals surface area (Å²) in [5, 5.41) is 2.98. The van der Waals surface area contributed by atoms with Crippen molar-refractivity contribution < 1.29 is 17.6 Å². The predicted octanol–water partition coefficient (Wildman–Crippen LogP) is 4.37. The molecule has 6 heteroatoms. The Labute approximate surface area is 116 Å². The van der Waals surface area contributed by atoms with Gasteiger partial charge in [0.15, 0.2) is 0 Å². The van der Waals surface area contributed by atoms with E-state index in [0.717, 1.165) is 17.7 Å². The fourth-order valence-corrected chi connectivity index (χ4v) is 2.36. The van der Waals surface area contributed by atoms with Crippen LogP contribution in [0, 0.1) is 0 Å². The molecule has 2 rings (SSSR count). The summed E-state index contributed by atoms with van der Waals surface area (Å²) >= 11 is 3.29. The summed E-state index contributed by atoms with van der Waals surface area (Å²) in [7, 11) is 1.68. The Bertz CT molecular complexity index is 552. The van der Waals surface area contributed by atoms with Gasteiger partial charge in [-0.25, -0.2) is 0 Å². The molecule has 0 spiro atoms. The van der Waals surface area contributed by atoms with E-state index in [1.54, 1.807) is 13.1 Å². The molecule has 102 valence electrons. The molecule has 1 aromatic carbocycles. The van der Waals surface area contributed by atoms with Crippen molar-refractivity contribution in [3.05, 3.63) is 58.0 Å². The van der Waals surface area contributed by atoms with E-state index in [0.29, 0.717) is 10.0 Å². The van der Waals surface area contributed by atoms with E-state index in [2.05, 4.69) is 21.2 Å². The van der Waals surface area contributed by atoms with Gasteiger partial charge in [-0.2, -0.15) is 13.2 Å². The zero-order chi connectivity index (χ0) is 14.0. The number of furan rings is 1. The van der Waals surface area contributed by atoms with E-state index in [1.165, 1.54) is 18.6 Å². The van der Waals surface area contributed by atoms with Crippen LogP contribution in [0.4, 0.5) is 13.2 Å². The molecule has 1 unspecified atom stereocenters. The van der Waals surface area contributed by atoms with Crippen molar-refractivity contribution in [2.75, 3.05) is 7.05 Å². The van der Waals surface area contributed by atoms with Gasteiger partial charge in [0, 0.05) is 10.0 Å². The molecule has 2 aromatic rings. The topological polar surface area (TPSA) is 25.2 Å². The molecule has 0 aliphatic heterocycles. The molecular weight excluding hydrogens is 323 g/mol. The highest BCUT2D eigenvalue weighted by Crippen LogP contribution is 2.35. The summed E-state index contributed by atoms with van der Waals surface area (Å²) < 4.78 is 43.9. The van der Waals surface area contributed by atoms with Gasteiger partial charge < -0.3 is 9.73 Å². The Morgan fingerprint density at radius 1 is 1.26 bits per heavy atom. The van der Waals surface area contributed by atoms with Gasteiger partial charge in [0.2, 0.25) is 0 Å². The zero-order valence-corrected chi connectivity index (χ0v) is 11.5. The van der Waals surface area contributed by atoms with Crippen molar-refractivity contribution >= 4 is 15.9 Å². The Hall–Kier alpha value is -1.27. The summed E-state index contributed by atoms with van der Waals surface area (Å²) in [5.41, 5.74) is 0.607. The number of hydrogen-bond acceptors (Lipinski definition) is 2. The van der Waals surface area contributed by atoms with Crippen molar-refractivity contribution in [1.82, 2.24) is 5.32 Å². The van der Waals surface area contributed by atoms with Crippen LogP contribution in [0.3, 0.4) is 0 Å². The smallest absolute Gasteiger partial charge is 0.416 e. The Morgan fingerprint density at radius 2 is 2.00 bits per heavy atom. The van der Waals surface area contributed by atoms with Gasteiger partial charge in [0.1, 0.15) is 0 Å². The van der Waals surface area contributed by atoms with E-state index in [-0.39, 0.29) is 6.04 Å². The van der Waals surface area contributed by atoms with Gasteiger partial charge in [0.05, 0.1) is 24.1 Å². The highest BCUT2D eigenvalue weighted by Gasteiger charge is 2.31. The van der Waals surface area contributed by atoms with Crippen LogP contribution in [0.1, 0.15) is 22.7 Å². The van der Waals surface area contributed by atoms with Crippen molar-refractivity contribution in [3.63, 3.8) is 0 Å².